The highest BCUT2D eigenvalue weighted by atomic mass is 14.3. The summed E-state index contributed by atoms with van der Waals surface area (Å²) in [5, 5.41) is 0. The van der Waals surface area contributed by atoms with E-state index in [1.54, 1.807) is 25.7 Å². The second kappa shape index (κ2) is 4.72. The monoisotopic (exact) mass is 192 g/mol. The lowest BCUT2D eigenvalue weighted by atomic mass is 9.66. The van der Waals surface area contributed by atoms with Crippen LogP contribution in [0.4, 0.5) is 0 Å². The average molecular weight is 192 g/mol. The predicted molar refractivity (Wildman–Crippen MR) is 65.4 cm³/mol. The quantitative estimate of drug-likeness (QED) is 0.558. The molecule has 2 aliphatic carbocycles. The first-order chi connectivity index (χ1) is 6.75. The van der Waals surface area contributed by atoms with Gasteiger partial charge in [0.2, 0.25) is 0 Å². The van der Waals surface area contributed by atoms with E-state index in [9.17, 15) is 0 Å². The maximum absolute atomic E-state index is 2.43. The molecule has 0 aromatic heterocycles. The molecule has 0 spiro atoms. The second-order valence-corrected chi connectivity index (χ2v) is 6.04. The summed E-state index contributed by atoms with van der Waals surface area (Å²) in [6, 6.07) is 0. The minimum atomic E-state index is 1.02. The molecule has 0 saturated heterocycles. The molecule has 80 valence electrons. The van der Waals surface area contributed by atoms with E-state index in [0.717, 1.165) is 23.6 Å². The van der Waals surface area contributed by atoms with Crippen molar-refractivity contribution in [3.8, 4) is 0 Å². The van der Waals surface area contributed by atoms with Crippen molar-refractivity contribution in [2.45, 2.75) is 64.1 Å². The zero-order chi connectivity index (χ0) is 9.97. The molecule has 0 heterocycles. The number of hydrogen-bond donors (Lipinski definition) is 0. The molecule has 0 unspecified atom stereocenters. The summed E-state index contributed by atoms with van der Waals surface area (Å²) in [6.07, 6.45) is 12.2. The maximum atomic E-state index is 2.43. The van der Waals surface area contributed by atoms with E-state index in [-0.39, 0.29) is 0 Å². The minimum absolute atomic E-state index is 1.02. The lowest BCUT2D eigenvalue weighted by molar-refractivity contribution is 0.173. The summed E-state index contributed by atoms with van der Waals surface area (Å²) < 4.78 is 0. The van der Waals surface area contributed by atoms with Crippen LogP contribution >= 0.6 is 0 Å². The Kier molecular flexibility index (Phi) is 3.57. The van der Waals surface area contributed by atoms with Gasteiger partial charge in [-0.05, 0) is 30.6 Å². The van der Waals surface area contributed by atoms with E-state index in [0.29, 0.717) is 0 Å². The van der Waals surface area contributed by atoms with Gasteiger partial charge >= 0.3 is 0 Å². The van der Waals surface area contributed by atoms with Gasteiger partial charge in [0.25, 0.3) is 0 Å². The van der Waals surface area contributed by atoms with Crippen molar-refractivity contribution in [1.82, 2.24) is 0 Å². The molecule has 2 saturated carbocycles. The molecular formula is C13H25B. The molecule has 0 bridgehead atoms. The van der Waals surface area contributed by atoms with E-state index >= 15 is 0 Å². The van der Waals surface area contributed by atoms with Crippen LogP contribution in [-0.2, 0) is 0 Å². The van der Waals surface area contributed by atoms with Crippen LogP contribution in [0.5, 0.6) is 0 Å². The van der Waals surface area contributed by atoms with Crippen LogP contribution < -0.4 is 0 Å². The lowest BCUT2D eigenvalue weighted by Gasteiger charge is -2.36. The normalized spacial score (nSPS) is 44.9. The van der Waals surface area contributed by atoms with Crippen molar-refractivity contribution in [2.24, 2.45) is 17.8 Å². The van der Waals surface area contributed by atoms with Crippen LogP contribution in [-0.4, -0.2) is 7.85 Å². The molecular weight excluding hydrogens is 167 g/mol. The highest BCUT2D eigenvalue weighted by Gasteiger charge is 2.28. The van der Waals surface area contributed by atoms with E-state index in [1.165, 1.54) is 25.7 Å². The van der Waals surface area contributed by atoms with Gasteiger partial charge in [-0.15, -0.1) is 0 Å². The van der Waals surface area contributed by atoms with Gasteiger partial charge in [-0.1, -0.05) is 51.3 Å². The Bertz CT molecular complexity index is 142. The fourth-order valence-electron chi connectivity index (χ4n) is 3.51. The standard InChI is InChI=1S/C13H25B/c1-10-2-4-11(5-3-10)12-6-8-13(14)9-7-12/h10-13H,2-9,14H2,1H3. The van der Waals surface area contributed by atoms with Crippen LogP contribution in [0.1, 0.15) is 58.3 Å². The highest BCUT2D eigenvalue weighted by molar-refractivity contribution is 6.11. The number of rotatable bonds is 1. The summed E-state index contributed by atoms with van der Waals surface area (Å²) >= 11 is 0. The van der Waals surface area contributed by atoms with Crippen LogP contribution in [0.15, 0.2) is 0 Å². The summed E-state index contributed by atoms with van der Waals surface area (Å²) in [7, 11) is 2.43. The van der Waals surface area contributed by atoms with Gasteiger partial charge in [-0.2, -0.15) is 0 Å². The zero-order valence-corrected chi connectivity index (χ0v) is 9.97. The minimum Gasteiger partial charge on any atom is -0.0697 e. The third-order valence-corrected chi connectivity index (χ3v) is 4.79. The van der Waals surface area contributed by atoms with Crippen molar-refractivity contribution in [3.63, 3.8) is 0 Å². The molecule has 0 nitrogen and oxygen atoms in total. The molecule has 1 heteroatoms. The molecule has 2 fully saturated rings. The van der Waals surface area contributed by atoms with Gasteiger partial charge < -0.3 is 0 Å². The Balaban J connectivity index is 1.78. The van der Waals surface area contributed by atoms with E-state index in [1.807, 2.05) is 0 Å². The molecule has 0 amide bonds. The average Bonchev–Trinajstić information content (AvgIpc) is 2.21. The first-order valence-electron chi connectivity index (χ1n) is 6.75. The lowest BCUT2D eigenvalue weighted by Crippen LogP contribution is -2.24. The fourth-order valence-corrected chi connectivity index (χ4v) is 3.51. The summed E-state index contributed by atoms with van der Waals surface area (Å²) in [5.41, 5.74) is 0. The summed E-state index contributed by atoms with van der Waals surface area (Å²) in [5.74, 6) is 4.26. The van der Waals surface area contributed by atoms with Gasteiger partial charge in [0, 0.05) is 0 Å². The van der Waals surface area contributed by atoms with Crippen LogP contribution in [0, 0.1) is 17.8 Å². The van der Waals surface area contributed by atoms with Crippen molar-refractivity contribution in [1.29, 1.82) is 0 Å². The molecule has 0 aliphatic heterocycles. The Morgan fingerprint density at radius 2 is 1.14 bits per heavy atom. The summed E-state index contributed by atoms with van der Waals surface area (Å²) in [6.45, 7) is 2.43. The zero-order valence-electron chi connectivity index (χ0n) is 9.97. The SMILES string of the molecule is BC1CCC(C2CCC(C)CC2)CC1. The van der Waals surface area contributed by atoms with E-state index in [2.05, 4.69) is 14.8 Å². The van der Waals surface area contributed by atoms with Gasteiger partial charge in [-0.3, -0.25) is 0 Å². The topological polar surface area (TPSA) is 0 Å². The molecule has 14 heavy (non-hydrogen) atoms. The first-order valence-corrected chi connectivity index (χ1v) is 6.75. The molecule has 0 radical (unpaired) electrons. The predicted octanol–water partition coefficient (Wildman–Crippen LogP) is 3.42. The van der Waals surface area contributed by atoms with E-state index in [4.69, 9.17) is 0 Å². The van der Waals surface area contributed by atoms with Crippen molar-refractivity contribution in [3.05, 3.63) is 0 Å². The van der Waals surface area contributed by atoms with Crippen molar-refractivity contribution < 1.29 is 0 Å². The fraction of sp³-hybridized carbons (Fsp3) is 1.00. The third kappa shape index (κ3) is 2.55. The van der Waals surface area contributed by atoms with Gasteiger partial charge in [0.05, 0.1) is 0 Å². The molecule has 0 aromatic carbocycles. The molecule has 2 aliphatic rings. The first kappa shape index (κ1) is 10.6. The van der Waals surface area contributed by atoms with Gasteiger partial charge in [-0.25, -0.2) is 0 Å². The molecule has 0 atom stereocenters. The van der Waals surface area contributed by atoms with Crippen LogP contribution in [0.2, 0.25) is 5.82 Å². The number of hydrogen-bond acceptors (Lipinski definition) is 0. The highest BCUT2D eigenvalue weighted by Crippen LogP contribution is 2.41. The van der Waals surface area contributed by atoms with Crippen LogP contribution in [0.25, 0.3) is 0 Å². The largest absolute Gasteiger partial charge is 0.105 e. The third-order valence-electron chi connectivity index (χ3n) is 4.79. The Hall–Kier alpha value is 0.0649. The second-order valence-electron chi connectivity index (χ2n) is 6.04. The maximum Gasteiger partial charge on any atom is 0.105 e. The van der Waals surface area contributed by atoms with Gasteiger partial charge in [0.1, 0.15) is 7.85 Å². The molecule has 0 N–H and O–H groups in total. The Labute approximate surface area is 90.3 Å². The molecule has 0 aromatic rings. The van der Waals surface area contributed by atoms with Crippen molar-refractivity contribution in [2.75, 3.05) is 0 Å². The summed E-state index contributed by atoms with van der Waals surface area (Å²) in [4.78, 5) is 0. The van der Waals surface area contributed by atoms with Crippen molar-refractivity contribution >= 4 is 7.85 Å². The smallest absolute Gasteiger partial charge is 0.0697 e. The van der Waals surface area contributed by atoms with Crippen LogP contribution in [0.3, 0.4) is 0 Å². The Morgan fingerprint density at radius 1 is 0.714 bits per heavy atom. The van der Waals surface area contributed by atoms with E-state index < -0.39 is 0 Å². The van der Waals surface area contributed by atoms with Gasteiger partial charge in [0.15, 0.2) is 0 Å². The molecule has 2 rings (SSSR count). The Morgan fingerprint density at radius 3 is 1.64 bits per heavy atom.